The molecular weight excluding hydrogens is 190 g/mol. The number of halogens is 1. The molecule has 1 aliphatic heterocycles. The molecule has 0 aromatic carbocycles. The maximum absolute atomic E-state index is 11.5. The van der Waals surface area contributed by atoms with Crippen LogP contribution in [0.15, 0.2) is 0 Å². The first-order chi connectivity index (χ1) is 6.24. The highest BCUT2D eigenvalue weighted by Gasteiger charge is 2.23. The van der Waals surface area contributed by atoms with E-state index in [-0.39, 0.29) is 17.9 Å². The Kier molecular flexibility index (Phi) is 4.53. The molecule has 0 aliphatic carbocycles. The Bertz CT molecular complexity index is 169. The Morgan fingerprint density at radius 1 is 1.77 bits per heavy atom. The number of ether oxygens (including phenoxy) is 1. The Balaban J connectivity index is 2.23. The molecule has 1 N–H and O–H groups in total. The second kappa shape index (κ2) is 5.45. The monoisotopic (exact) mass is 205 g/mol. The minimum atomic E-state index is 0.0535. The maximum atomic E-state index is 11.5. The van der Waals surface area contributed by atoms with E-state index in [2.05, 4.69) is 5.32 Å². The van der Waals surface area contributed by atoms with E-state index >= 15 is 0 Å². The van der Waals surface area contributed by atoms with E-state index in [1.165, 1.54) is 0 Å². The summed E-state index contributed by atoms with van der Waals surface area (Å²) in [4.78, 5) is 11.5. The van der Waals surface area contributed by atoms with E-state index < -0.39 is 0 Å². The van der Waals surface area contributed by atoms with Crippen LogP contribution in [-0.4, -0.2) is 31.0 Å². The van der Waals surface area contributed by atoms with Gasteiger partial charge in [-0.15, -0.1) is 11.6 Å². The summed E-state index contributed by atoms with van der Waals surface area (Å²) in [6.45, 7) is 3.25. The Hall–Kier alpha value is -0.280. The zero-order chi connectivity index (χ0) is 9.68. The standard InChI is InChI=1S/C9H16ClNO2/c1-7(2-4-10)11-9(12)8-3-5-13-6-8/h7-8H,2-6H2,1H3,(H,11,12). The second-order valence-corrected chi connectivity index (χ2v) is 3.83. The molecule has 2 unspecified atom stereocenters. The molecule has 1 heterocycles. The van der Waals surface area contributed by atoms with Crippen molar-refractivity contribution in [3.8, 4) is 0 Å². The van der Waals surface area contributed by atoms with Gasteiger partial charge >= 0.3 is 0 Å². The minimum absolute atomic E-state index is 0.0535. The van der Waals surface area contributed by atoms with Crippen molar-refractivity contribution in [3.63, 3.8) is 0 Å². The van der Waals surface area contributed by atoms with E-state index in [0.717, 1.165) is 12.8 Å². The smallest absolute Gasteiger partial charge is 0.225 e. The van der Waals surface area contributed by atoms with Crippen LogP contribution < -0.4 is 5.32 Å². The van der Waals surface area contributed by atoms with Crippen molar-refractivity contribution in [3.05, 3.63) is 0 Å². The van der Waals surface area contributed by atoms with Crippen molar-refractivity contribution >= 4 is 17.5 Å². The molecule has 1 rings (SSSR count). The molecular formula is C9H16ClNO2. The molecule has 0 bridgehead atoms. The number of carbonyl (C=O) groups is 1. The molecule has 1 saturated heterocycles. The third kappa shape index (κ3) is 3.53. The SMILES string of the molecule is CC(CCCl)NC(=O)C1CCOC1. The molecule has 0 aromatic rings. The molecule has 76 valence electrons. The van der Waals surface area contributed by atoms with Gasteiger partial charge in [0, 0.05) is 18.5 Å². The van der Waals surface area contributed by atoms with Gasteiger partial charge in [0.2, 0.25) is 5.91 Å². The molecule has 0 aromatic heterocycles. The van der Waals surface area contributed by atoms with E-state index in [1.54, 1.807) is 0 Å². The largest absolute Gasteiger partial charge is 0.381 e. The molecule has 0 radical (unpaired) electrons. The molecule has 0 saturated carbocycles. The quantitative estimate of drug-likeness (QED) is 0.700. The van der Waals surface area contributed by atoms with Gasteiger partial charge in [-0.05, 0) is 19.8 Å². The molecule has 4 heteroatoms. The highest BCUT2D eigenvalue weighted by atomic mass is 35.5. The summed E-state index contributed by atoms with van der Waals surface area (Å²) in [7, 11) is 0. The van der Waals surface area contributed by atoms with Crippen LogP contribution >= 0.6 is 11.6 Å². The van der Waals surface area contributed by atoms with Crippen molar-refractivity contribution < 1.29 is 9.53 Å². The van der Waals surface area contributed by atoms with Crippen molar-refractivity contribution in [2.75, 3.05) is 19.1 Å². The fraction of sp³-hybridized carbons (Fsp3) is 0.889. The molecule has 1 fully saturated rings. The van der Waals surface area contributed by atoms with Crippen LogP contribution in [0.25, 0.3) is 0 Å². The summed E-state index contributed by atoms with van der Waals surface area (Å²) < 4.78 is 5.13. The average Bonchev–Trinajstić information content (AvgIpc) is 2.55. The zero-order valence-electron chi connectivity index (χ0n) is 7.88. The predicted molar refractivity (Wildman–Crippen MR) is 51.9 cm³/mol. The molecule has 0 spiro atoms. The van der Waals surface area contributed by atoms with E-state index in [1.807, 2.05) is 6.92 Å². The van der Waals surface area contributed by atoms with E-state index in [0.29, 0.717) is 19.1 Å². The Morgan fingerprint density at radius 3 is 3.08 bits per heavy atom. The lowest BCUT2D eigenvalue weighted by Crippen LogP contribution is -2.37. The van der Waals surface area contributed by atoms with Gasteiger partial charge in [0.1, 0.15) is 0 Å². The van der Waals surface area contributed by atoms with Crippen molar-refractivity contribution in [2.24, 2.45) is 5.92 Å². The number of carbonyl (C=O) groups excluding carboxylic acids is 1. The van der Waals surface area contributed by atoms with Gasteiger partial charge in [-0.2, -0.15) is 0 Å². The molecule has 3 nitrogen and oxygen atoms in total. The summed E-state index contributed by atoms with van der Waals surface area (Å²) in [5.74, 6) is 0.746. The molecule has 13 heavy (non-hydrogen) atoms. The van der Waals surface area contributed by atoms with Gasteiger partial charge in [-0.25, -0.2) is 0 Å². The summed E-state index contributed by atoms with van der Waals surface area (Å²) in [5, 5.41) is 2.92. The number of hydrogen-bond donors (Lipinski definition) is 1. The third-order valence-corrected chi connectivity index (χ3v) is 2.45. The lowest BCUT2D eigenvalue weighted by atomic mass is 10.1. The molecule has 1 amide bonds. The highest BCUT2D eigenvalue weighted by Crippen LogP contribution is 2.12. The fourth-order valence-corrected chi connectivity index (χ4v) is 1.67. The van der Waals surface area contributed by atoms with E-state index in [9.17, 15) is 4.79 Å². The highest BCUT2D eigenvalue weighted by molar-refractivity contribution is 6.17. The molecule has 2 atom stereocenters. The zero-order valence-corrected chi connectivity index (χ0v) is 8.64. The fourth-order valence-electron chi connectivity index (χ4n) is 1.34. The number of nitrogens with one attached hydrogen (secondary N) is 1. The summed E-state index contributed by atoms with van der Waals surface area (Å²) in [6.07, 6.45) is 1.67. The van der Waals surface area contributed by atoms with Gasteiger partial charge in [0.05, 0.1) is 12.5 Å². The van der Waals surface area contributed by atoms with Crippen molar-refractivity contribution in [1.29, 1.82) is 0 Å². The number of rotatable bonds is 4. The lowest BCUT2D eigenvalue weighted by molar-refractivity contribution is -0.125. The Labute approximate surface area is 83.8 Å². The van der Waals surface area contributed by atoms with Crippen molar-refractivity contribution in [1.82, 2.24) is 5.32 Å². The summed E-state index contributed by atoms with van der Waals surface area (Å²) in [5.41, 5.74) is 0. The molecule has 1 aliphatic rings. The van der Waals surface area contributed by atoms with Gasteiger partial charge in [-0.1, -0.05) is 0 Å². The Morgan fingerprint density at radius 2 is 2.54 bits per heavy atom. The van der Waals surface area contributed by atoms with Crippen LogP contribution in [0.1, 0.15) is 19.8 Å². The first-order valence-corrected chi connectivity index (χ1v) is 5.21. The van der Waals surface area contributed by atoms with Gasteiger partial charge < -0.3 is 10.1 Å². The van der Waals surface area contributed by atoms with Crippen LogP contribution in [0.4, 0.5) is 0 Å². The first kappa shape index (κ1) is 10.8. The van der Waals surface area contributed by atoms with Crippen LogP contribution in [-0.2, 0) is 9.53 Å². The lowest BCUT2D eigenvalue weighted by Gasteiger charge is -2.14. The normalized spacial score (nSPS) is 24.3. The average molecular weight is 206 g/mol. The first-order valence-electron chi connectivity index (χ1n) is 4.68. The summed E-state index contributed by atoms with van der Waals surface area (Å²) >= 11 is 5.56. The van der Waals surface area contributed by atoms with Crippen molar-refractivity contribution in [2.45, 2.75) is 25.8 Å². The number of alkyl halides is 1. The van der Waals surface area contributed by atoms with Crippen LogP contribution in [0.2, 0.25) is 0 Å². The van der Waals surface area contributed by atoms with E-state index in [4.69, 9.17) is 16.3 Å². The number of amides is 1. The third-order valence-electron chi connectivity index (χ3n) is 2.23. The van der Waals surface area contributed by atoms with Gasteiger partial charge in [0.25, 0.3) is 0 Å². The topological polar surface area (TPSA) is 38.3 Å². The van der Waals surface area contributed by atoms with Gasteiger partial charge in [-0.3, -0.25) is 4.79 Å². The minimum Gasteiger partial charge on any atom is -0.381 e. The maximum Gasteiger partial charge on any atom is 0.225 e. The second-order valence-electron chi connectivity index (χ2n) is 3.45. The van der Waals surface area contributed by atoms with Gasteiger partial charge in [0.15, 0.2) is 0 Å². The van der Waals surface area contributed by atoms with Crippen LogP contribution in [0.5, 0.6) is 0 Å². The number of hydrogen-bond acceptors (Lipinski definition) is 2. The predicted octanol–water partition coefficient (Wildman–Crippen LogP) is 1.16. The van der Waals surface area contributed by atoms with Crippen LogP contribution in [0, 0.1) is 5.92 Å². The summed E-state index contributed by atoms with van der Waals surface area (Å²) in [6, 6.07) is 0.172. The van der Waals surface area contributed by atoms with Crippen LogP contribution in [0.3, 0.4) is 0 Å².